The first-order valence-electron chi connectivity index (χ1n) is 11.6. The zero-order chi connectivity index (χ0) is 24.8. The van der Waals surface area contributed by atoms with Crippen LogP contribution in [-0.2, 0) is 16.6 Å². The summed E-state index contributed by atoms with van der Waals surface area (Å²) in [6.45, 7) is 0.244. The van der Waals surface area contributed by atoms with Gasteiger partial charge in [-0.2, -0.15) is 4.31 Å². The molecule has 1 heterocycles. The molecule has 35 heavy (non-hydrogen) atoms. The summed E-state index contributed by atoms with van der Waals surface area (Å²) >= 11 is 0. The van der Waals surface area contributed by atoms with E-state index in [-0.39, 0.29) is 35.1 Å². The number of nitrogens with one attached hydrogen (secondary N) is 2. The van der Waals surface area contributed by atoms with Crippen molar-refractivity contribution in [1.29, 1.82) is 0 Å². The molecule has 1 aliphatic rings. The molecule has 2 amide bonds. The van der Waals surface area contributed by atoms with E-state index in [2.05, 4.69) is 10.6 Å². The van der Waals surface area contributed by atoms with Gasteiger partial charge < -0.3 is 15.1 Å². The second kappa shape index (κ2) is 10.9. The number of carbonyl (C=O) groups is 2. The summed E-state index contributed by atoms with van der Waals surface area (Å²) in [4.78, 5) is 25.0. The standard InChI is InChI=1S/C26H29N3O5S/c1-29(22-9-3-2-4-10-22)35(32,33)23-14-12-20(13-15-23)25(30)27-18-19-7-5-8-21(17-19)28-26(31)24-11-6-16-34-24/h5-8,11-17,22H,2-4,9-10,18H2,1H3,(H,27,30)(H,28,31). The van der Waals surface area contributed by atoms with Crippen LogP contribution in [0, 0.1) is 0 Å². The number of carbonyl (C=O) groups excluding carboxylic acids is 2. The highest BCUT2D eigenvalue weighted by molar-refractivity contribution is 7.89. The van der Waals surface area contributed by atoms with Crippen LogP contribution in [-0.4, -0.2) is 37.6 Å². The van der Waals surface area contributed by atoms with E-state index >= 15 is 0 Å². The Balaban J connectivity index is 1.35. The summed E-state index contributed by atoms with van der Waals surface area (Å²) in [7, 11) is -1.97. The third kappa shape index (κ3) is 5.98. The monoisotopic (exact) mass is 495 g/mol. The lowest BCUT2D eigenvalue weighted by molar-refractivity contribution is 0.0949. The van der Waals surface area contributed by atoms with Gasteiger partial charge in [0.1, 0.15) is 0 Å². The highest BCUT2D eigenvalue weighted by Crippen LogP contribution is 2.26. The van der Waals surface area contributed by atoms with Crippen molar-refractivity contribution in [2.45, 2.75) is 49.6 Å². The minimum atomic E-state index is -3.61. The minimum absolute atomic E-state index is 0.0244. The van der Waals surface area contributed by atoms with Gasteiger partial charge in [-0.05, 0) is 66.9 Å². The number of furan rings is 1. The lowest BCUT2D eigenvalue weighted by atomic mass is 9.96. The van der Waals surface area contributed by atoms with Crippen molar-refractivity contribution in [3.05, 3.63) is 83.8 Å². The molecule has 0 bridgehead atoms. The lowest BCUT2D eigenvalue weighted by Crippen LogP contribution is -2.38. The first kappa shape index (κ1) is 24.7. The number of anilines is 1. The first-order valence-corrected chi connectivity index (χ1v) is 13.1. The highest BCUT2D eigenvalue weighted by atomic mass is 32.2. The topological polar surface area (TPSA) is 109 Å². The van der Waals surface area contributed by atoms with Gasteiger partial charge in [-0.25, -0.2) is 8.42 Å². The Bertz CT molecular complexity index is 1260. The summed E-state index contributed by atoms with van der Waals surface area (Å²) in [5, 5.41) is 5.58. The van der Waals surface area contributed by atoms with Crippen LogP contribution in [0.3, 0.4) is 0 Å². The molecule has 0 unspecified atom stereocenters. The van der Waals surface area contributed by atoms with Gasteiger partial charge in [-0.15, -0.1) is 0 Å². The zero-order valence-electron chi connectivity index (χ0n) is 19.6. The first-order chi connectivity index (χ1) is 16.8. The summed E-state index contributed by atoms with van der Waals surface area (Å²) in [5.74, 6) is -0.473. The van der Waals surface area contributed by atoms with E-state index in [0.29, 0.717) is 11.3 Å². The van der Waals surface area contributed by atoms with Gasteiger partial charge in [-0.3, -0.25) is 9.59 Å². The molecular weight excluding hydrogens is 466 g/mol. The lowest BCUT2D eigenvalue weighted by Gasteiger charge is -2.30. The van der Waals surface area contributed by atoms with Crippen molar-refractivity contribution in [3.8, 4) is 0 Å². The van der Waals surface area contributed by atoms with Gasteiger partial charge in [0, 0.05) is 30.9 Å². The highest BCUT2D eigenvalue weighted by Gasteiger charge is 2.29. The Morgan fingerprint density at radius 2 is 1.71 bits per heavy atom. The number of hydrogen-bond acceptors (Lipinski definition) is 5. The smallest absolute Gasteiger partial charge is 0.291 e. The van der Waals surface area contributed by atoms with Crippen molar-refractivity contribution >= 4 is 27.5 Å². The molecule has 0 aliphatic heterocycles. The van der Waals surface area contributed by atoms with Gasteiger partial charge in [0.2, 0.25) is 10.0 Å². The number of sulfonamides is 1. The molecule has 2 aromatic carbocycles. The van der Waals surface area contributed by atoms with E-state index in [0.717, 1.165) is 37.7 Å². The summed E-state index contributed by atoms with van der Waals surface area (Å²) in [6.07, 6.45) is 6.43. The number of nitrogens with zero attached hydrogens (tertiary/aromatic N) is 1. The number of amides is 2. The van der Waals surface area contributed by atoms with Crippen LogP contribution in [0.25, 0.3) is 0 Å². The van der Waals surface area contributed by atoms with Crippen molar-refractivity contribution in [3.63, 3.8) is 0 Å². The summed E-state index contributed by atoms with van der Waals surface area (Å²) in [6, 6.07) is 16.4. The Kier molecular flexibility index (Phi) is 7.67. The van der Waals surface area contributed by atoms with Gasteiger partial charge in [-0.1, -0.05) is 31.4 Å². The SMILES string of the molecule is CN(C1CCCCC1)S(=O)(=O)c1ccc(C(=O)NCc2cccc(NC(=O)c3ccco3)c2)cc1. The number of rotatable bonds is 8. The maximum Gasteiger partial charge on any atom is 0.291 e. The fourth-order valence-corrected chi connectivity index (χ4v) is 5.65. The van der Waals surface area contributed by atoms with E-state index in [4.69, 9.17) is 4.42 Å². The Hall–Kier alpha value is -3.43. The van der Waals surface area contributed by atoms with Crippen molar-refractivity contribution in [1.82, 2.24) is 9.62 Å². The van der Waals surface area contributed by atoms with Crippen molar-refractivity contribution < 1.29 is 22.4 Å². The molecule has 0 atom stereocenters. The third-order valence-electron chi connectivity index (χ3n) is 6.27. The molecule has 8 nitrogen and oxygen atoms in total. The normalized spacial score (nSPS) is 14.6. The molecule has 9 heteroatoms. The molecule has 1 saturated carbocycles. The van der Waals surface area contributed by atoms with Gasteiger partial charge in [0.25, 0.3) is 11.8 Å². The van der Waals surface area contributed by atoms with Crippen LogP contribution in [0.15, 0.2) is 76.2 Å². The maximum atomic E-state index is 13.0. The maximum absolute atomic E-state index is 13.0. The Morgan fingerprint density at radius 1 is 0.971 bits per heavy atom. The quantitative estimate of drug-likeness (QED) is 0.481. The summed E-state index contributed by atoms with van der Waals surface area (Å²) in [5.41, 5.74) is 1.74. The predicted octanol–water partition coefficient (Wildman–Crippen LogP) is 4.42. The molecular formula is C26H29N3O5S. The van der Waals surface area contributed by atoms with Crippen LogP contribution in [0.2, 0.25) is 0 Å². The predicted molar refractivity (Wildman–Crippen MR) is 133 cm³/mol. The largest absolute Gasteiger partial charge is 0.459 e. The van der Waals surface area contributed by atoms with E-state index in [1.54, 1.807) is 37.4 Å². The van der Waals surface area contributed by atoms with Gasteiger partial charge in [0.05, 0.1) is 11.2 Å². The molecule has 0 saturated heterocycles. The average molecular weight is 496 g/mol. The third-order valence-corrected chi connectivity index (χ3v) is 8.19. The van der Waals surface area contributed by atoms with Crippen molar-refractivity contribution in [2.24, 2.45) is 0 Å². The second-order valence-electron chi connectivity index (χ2n) is 8.65. The molecule has 0 spiro atoms. The van der Waals surface area contributed by atoms with E-state index in [1.807, 2.05) is 6.07 Å². The molecule has 1 aliphatic carbocycles. The second-order valence-corrected chi connectivity index (χ2v) is 10.6. The fraction of sp³-hybridized carbons (Fsp3) is 0.308. The van der Waals surface area contributed by atoms with Gasteiger partial charge in [0.15, 0.2) is 5.76 Å². The van der Waals surface area contributed by atoms with E-state index < -0.39 is 10.0 Å². The Morgan fingerprint density at radius 3 is 2.40 bits per heavy atom. The van der Waals surface area contributed by atoms with Crippen LogP contribution in [0.1, 0.15) is 58.6 Å². The molecule has 3 aromatic rings. The fourth-order valence-electron chi connectivity index (χ4n) is 4.23. The van der Waals surface area contributed by atoms with E-state index in [1.165, 1.54) is 34.8 Å². The zero-order valence-corrected chi connectivity index (χ0v) is 20.4. The number of benzene rings is 2. The van der Waals surface area contributed by atoms with Crippen LogP contribution in [0.4, 0.5) is 5.69 Å². The molecule has 1 aromatic heterocycles. The minimum Gasteiger partial charge on any atom is -0.459 e. The average Bonchev–Trinajstić information content (AvgIpc) is 3.43. The Labute approximate surface area is 205 Å². The molecule has 184 valence electrons. The molecule has 1 fully saturated rings. The van der Waals surface area contributed by atoms with E-state index in [9.17, 15) is 18.0 Å². The van der Waals surface area contributed by atoms with Gasteiger partial charge >= 0.3 is 0 Å². The summed E-state index contributed by atoms with van der Waals surface area (Å²) < 4.78 is 32.6. The van der Waals surface area contributed by atoms with Crippen LogP contribution < -0.4 is 10.6 Å². The van der Waals surface area contributed by atoms with Crippen LogP contribution >= 0.6 is 0 Å². The molecule has 0 radical (unpaired) electrons. The van der Waals surface area contributed by atoms with Crippen LogP contribution in [0.5, 0.6) is 0 Å². The molecule has 2 N–H and O–H groups in total. The molecule has 4 rings (SSSR count). The number of hydrogen-bond donors (Lipinski definition) is 2. The van der Waals surface area contributed by atoms with Crippen molar-refractivity contribution in [2.75, 3.05) is 12.4 Å².